The lowest BCUT2D eigenvalue weighted by molar-refractivity contribution is -0.130. The maximum Gasteiger partial charge on any atom is 0.253 e. The van der Waals surface area contributed by atoms with Gasteiger partial charge in [-0.1, -0.05) is 36.0 Å². The SMILES string of the molecule is COc1ccc(/C=C2\CCC[C@@H]3C2=NN(C(=O)CSc2n[nH]c(N)n2)[C@@H]3c2ccc(OC)cc2)cc1. The van der Waals surface area contributed by atoms with E-state index in [0.29, 0.717) is 5.16 Å². The van der Waals surface area contributed by atoms with Gasteiger partial charge >= 0.3 is 0 Å². The molecule has 0 saturated heterocycles. The molecule has 1 amide bonds. The highest BCUT2D eigenvalue weighted by atomic mass is 32.2. The van der Waals surface area contributed by atoms with Crippen molar-refractivity contribution in [3.8, 4) is 11.5 Å². The second kappa shape index (κ2) is 10.4. The van der Waals surface area contributed by atoms with Gasteiger partial charge in [-0.15, -0.1) is 5.10 Å². The monoisotopic (exact) mass is 504 g/mol. The van der Waals surface area contributed by atoms with Crippen LogP contribution in [0.5, 0.6) is 11.5 Å². The first-order valence-corrected chi connectivity index (χ1v) is 12.7. The van der Waals surface area contributed by atoms with Crippen LogP contribution in [0.3, 0.4) is 0 Å². The molecule has 5 rings (SSSR count). The van der Waals surface area contributed by atoms with Crippen molar-refractivity contribution in [1.82, 2.24) is 20.2 Å². The van der Waals surface area contributed by atoms with Crippen LogP contribution in [0.1, 0.15) is 36.4 Å². The fourth-order valence-corrected chi connectivity index (χ4v) is 5.42. The highest BCUT2D eigenvalue weighted by Gasteiger charge is 2.43. The van der Waals surface area contributed by atoms with Crippen molar-refractivity contribution < 1.29 is 14.3 Å². The van der Waals surface area contributed by atoms with Gasteiger partial charge in [0, 0.05) is 5.92 Å². The van der Waals surface area contributed by atoms with Gasteiger partial charge in [-0.3, -0.25) is 4.79 Å². The fraction of sp³-hybridized carbons (Fsp3) is 0.308. The fourth-order valence-electron chi connectivity index (χ4n) is 4.76. The molecule has 0 unspecified atom stereocenters. The summed E-state index contributed by atoms with van der Waals surface area (Å²) in [5.41, 5.74) is 9.88. The average molecular weight is 505 g/mol. The zero-order valence-electron chi connectivity index (χ0n) is 20.2. The third kappa shape index (κ3) is 4.94. The molecular formula is C26H28N6O3S. The third-order valence-electron chi connectivity index (χ3n) is 6.48. The Kier molecular flexibility index (Phi) is 6.95. The molecule has 0 radical (unpaired) electrons. The average Bonchev–Trinajstić information content (AvgIpc) is 3.52. The molecule has 36 heavy (non-hydrogen) atoms. The minimum absolute atomic E-state index is 0.102. The summed E-state index contributed by atoms with van der Waals surface area (Å²) in [5, 5.41) is 13.6. The first kappa shape index (κ1) is 23.9. The summed E-state index contributed by atoms with van der Waals surface area (Å²) >= 11 is 1.24. The van der Waals surface area contributed by atoms with E-state index in [2.05, 4.69) is 21.3 Å². The van der Waals surface area contributed by atoms with Crippen molar-refractivity contribution in [1.29, 1.82) is 0 Å². The topological polar surface area (TPSA) is 119 Å². The molecule has 0 spiro atoms. The number of nitrogens with two attached hydrogens (primary N) is 1. The Bertz CT molecular complexity index is 1290. The maximum absolute atomic E-state index is 13.5. The Labute approximate surface area is 213 Å². The molecule has 9 nitrogen and oxygen atoms in total. The number of aromatic amines is 1. The number of thioether (sulfide) groups is 1. The molecule has 1 saturated carbocycles. The Balaban J connectivity index is 1.46. The van der Waals surface area contributed by atoms with E-state index in [-0.39, 0.29) is 29.6 Å². The van der Waals surface area contributed by atoms with Gasteiger partial charge in [-0.2, -0.15) is 10.1 Å². The molecule has 1 aliphatic carbocycles. The maximum atomic E-state index is 13.5. The van der Waals surface area contributed by atoms with E-state index >= 15 is 0 Å². The quantitative estimate of drug-likeness (QED) is 0.460. The number of carbonyl (C=O) groups excluding carboxylic acids is 1. The van der Waals surface area contributed by atoms with E-state index < -0.39 is 0 Å². The number of carbonyl (C=O) groups is 1. The number of methoxy groups -OCH3 is 2. The van der Waals surface area contributed by atoms with Gasteiger partial charge in [-0.05, 0) is 66.3 Å². The number of hydrogen-bond donors (Lipinski definition) is 2. The minimum atomic E-state index is -0.184. The number of ether oxygens (including phenoxy) is 2. The largest absolute Gasteiger partial charge is 0.497 e. The standard InChI is InChI=1S/C26H28N6O3S/c1-34-19-10-6-16(7-11-19)14-18-4-3-5-21-23(18)31-32(22(33)15-36-26-28-25(27)29-30-26)24(21)17-8-12-20(35-2)13-9-17/h6-14,21,24H,3-5,15H2,1-2H3,(H3,27,28,29,30)/b18-14+/t21-,24-/m1/s1. The van der Waals surface area contributed by atoms with Gasteiger partial charge in [0.2, 0.25) is 11.1 Å². The second-order valence-electron chi connectivity index (χ2n) is 8.67. The zero-order chi connectivity index (χ0) is 25.1. The molecule has 1 fully saturated rings. The molecular weight excluding hydrogens is 476 g/mol. The number of fused-ring (bicyclic) bond motifs is 1. The molecule has 3 aromatic rings. The molecule has 1 aliphatic heterocycles. The number of anilines is 1. The first-order chi connectivity index (χ1) is 17.6. The lowest BCUT2D eigenvalue weighted by Gasteiger charge is -2.29. The predicted octanol–water partition coefficient (Wildman–Crippen LogP) is 4.32. The van der Waals surface area contributed by atoms with Crippen LogP contribution in [0.2, 0.25) is 0 Å². The Hall–Kier alpha value is -3.79. The van der Waals surface area contributed by atoms with Gasteiger partial charge in [-0.25, -0.2) is 10.1 Å². The number of benzene rings is 2. The third-order valence-corrected chi connectivity index (χ3v) is 7.31. The number of H-pyrrole nitrogens is 1. The molecule has 2 atom stereocenters. The summed E-state index contributed by atoms with van der Waals surface area (Å²) in [5.74, 6) is 1.99. The molecule has 3 N–H and O–H groups in total. The number of nitrogen functional groups attached to an aromatic ring is 1. The summed E-state index contributed by atoms with van der Waals surface area (Å²) in [6.45, 7) is 0. The van der Waals surface area contributed by atoms with E-state index in [1.165, 1.54) is 17.3 Å². The van der Waals surface area contributed by atoms with Gasteiger partial charge in [0.05, 0.1) is 31.7 Å². The Morgan fingerprint density at radius 3 is 2.47 bits per heavy atom. The van der Waals surface area contributed by atoms with Crippen LogP contribution in [0.4, 0.5) is 5.95 Å². The van der Waals surface area contributed by atoms with Crippen molar-refractivity contribution in [2.24, 2.45) is 11.0 Å². The molecule has 0 bridgehead atoms. The van der Waals surface area contributed by atoms with Gasteiger partial charge < -0.3 is 15.2 Å². The van der Waals surface area contributed by atoms with Crippen LogP contribution < -0.4 is 15.2 Å². The number of hydrogen-bond acceptors (Lipinski definition) is 8. The lowest BCUT2D eigenvalue weighted by Crippen LogP contribution is -2.32. The molecule has 10 heteroatoms. The predicted molar refractivity (Wildman–Crippen MR) is 140 cm³/mol. The van der Waals surface area contributed by atoms with Crippen molar-refractivity contribution in [3.63, 3.8) is 0 Å². The molecule has 2 aromatic carbocycles. The van der Waals surface area contributed by atoms with Gasteiger partial charge in [0.25, 0.3) is 5.91 Å². The number of allylic oxidation sites excluding steroid dienone is 1. The van der Waals surface area contributed by atoms with Crippen LogP contribution >= 0.6 is 11.8 Å². The smallest absolute Gasteiger partial charge is 0.253 e. The second-order valence-corrected chi connectivity index (χ2v) is 9.62. The van der Waals surface area contributed by atoms with Crippen LogP contribution in [0, 0.1) is 5.92 Å². The van der Waals surface area contributed by atoms with Crippen molar-refractivity contribution in [2.75, 3.05) is 25.7 Å². The van der Waals surface area contributed by atoms with E-state index in [9.17, 15) is 4.79 Å². The minimum Gasteiger partial charge on any atom is -0.497 e. The van der Waals surface area contributed by atoms with Crippen LogP contribution in [0.25, 0.3) is 6.08 Å². The van der Waals surface area contributed by atoms with Crippen molar-refractivity contribution >= 4 is 35.4 Å². The Morgan fingerprint density at radius 1 is 1.14 bits per heavy atom. The number of nitrogens with zero attached hydrogens (tertiary/aromatic N) is 4. The van der Waals surface area contributed by atoms with Crippen LogP contribution in [-0.4, -0.2) is 51.8 Å². The Morgan fingerprint density at radius 2 is 1.83 bits per heavy atom. The van der Waals surface area contributed by atoms with Crippen LogP contribution in [-0.2, 0) is 4.79 Å². The number of amides is 1. The van der Waals surface area contributed by atoms with E-state index in [0.717, 1.165) is 47.6 Å². The molecule has 2 heterocycles. The summed E-state index contributed by atoms with van der Waals surface area (Å²) in [6, 6.07) is 15.7. The lowest BCUT2D eigenvalue weighted by atomic mass is 9.77. The zero-order valence-corrected chi connectivity index (χ0v) is 21.0. The van der Waals surface area contributed by atoms with Crippen molar-refractivity contribution in [3.05, 3.63) is 65.2 Å². The first-order valence-electron chi connectivity index (χ1n) is 11.8. The van der Waals surface area contributed by atoms with E-state index in [1.807, 2.05) is 48.5 Å². The van der Waals surface area contributed by atoms with E-state index in [4.69, 9.17) is 20.3 Å². The molecule has 186 valence electrons. The van der Waals surface area contributed by atoms with Gasteiger partial charge in [0.1, 0.15) is 11.5 Å². The van der Waals surface area contributed by atoms with Crippen LogP contribution in [0.15, 0.2) is 64.4 Å². The van der Waals surface area contributed by atoms with Gasteiger partial charge in [0.15, 0.2) is 0 Å². The summed E-state index contributed by atoms with van der Waals surface area (Å²) in [7, 11) is 3.30. The molecule has 1 aromatic heterocycles. The summed E-state index contributed by atoms with van der Waals surface area (Å²) in [4.78, 5) is 17.5. The summed E-state index contributed by atoms with van der Waals surface area (Å²) < 4.78 is 10.6. The number of hydrazone groups is 1. The normalized spacial score (nSPS) is 20.2. The highest BCUT2D eigenvalue weighted by molar-refractivity contribution is 7.99. The number of rotatable bonds is 7. The number of aromatic nitrogens is 3. The van der Waals surface area contributed by atoms with Crippen molar-refractivity contribution in [2.45, 2.75) is 30.5 Å². The highest BCUT2D eigenvalue weighted by Crippen LogP contribution is 2.45. The number of nitrogens with one attached hydrogen (secondary N) is 1. The summed E-state index contributed by atoms with van der Waals surface area (Å²) in [6.07, 6.45) is 5.09. The molecule has 2 aliphatic rings. The van der Waals surface area contributed by atoms with E-state index in [1.54, 1.807) is 19.2 Å².